The van der Waals surface area contributed by atoms with Crippen molar-refractivity contribution in [3.8, 4) is 0 Å². The number of carbonyl (C=O) groups is 1. The van der Waals surface area contributed by atoms with Gasteiger partial charge in [-0.15, -0.1) is 0 Å². The van der Waals surface area contributed by atoms with Gasteiger partial charge < -0.3 is 10.2 Å². The summed E-state index contributed by atoms with van der Waals surface area (Å²) in [6.45, 7) is -0.594. The summed E-state index contributed by atoms with van der Waals surface area (Å²) in [6, 6.07) is 4.76. The molecule has 1 unspecified atom stereocenters. The van der Waals surface area contributed by atoms with E-state index < -0.39 is 23.5 Å². The zero-order chi connectivity index (χ0) is 12.8. The van der Waals surface area contributed by atoms with Crippen LogP contribution in [-0.4, -0.2) is 33.8 Å². The van der Waals surface area contributed by atoms with E-state index in [0.29, 0.717) is 0 Å². The van der Waals surface area contributed by atoms with Crippen LogP contribution in [0.1, 0.15) is 0 Å². The Hall–Kier alpha value is -1.64. The van der Waals surface area contributed by atoms with Gasteiger partial charge in [-0.25, -0.2) is 4.72 Å². The highest BCUT2D eigenvalue weighted by molar-refractivity contribution is 7.97. The Morgan fingerprint density at radius 2 is 2.18 bits per heavy atom. The number of aliphatic carboxylic acids is 1. The van der Waals surface area contributed by atoms with Gasteiger partial charge in [-0.3, -0.25) is 14.9 Å². The summed E-state index contributed by atoms with van der Waals surface area (Å²) < 4.78 is 2.44. The van der Waals surface area contributed by atoms with Gasteiger partial charge in [-0.05, 0) is 18.0 Å². The molecular formula is C9H10N2O5S. The van der Waals surface area contributed by atoms with Crippen LogP contribution in [0.3, 0.4) is 0 Å². The van der Waals surface area contributed by atoms with E-state index in [1.165, 1.54) is 18.2 Å². The highest BCUT2D eigenvalue weighted by Gasteiger charge is 2.19. The van der Waals surface area contributed by atoms with Crippen LogP contribution in [0.5, 0.6) is 0 Å². The maximum absolute atomic E-state index is 10.7. The van der Waals surface area contributed by atoms with Crippen molar-refractivity contribution in [3.63, 3.8) is 0 Å². The number of para-hydroxylation sites is 1. The third-order valence-electron chi connectivity index (χ3n) is 1.85. The van der Waals surface area contributed by atoms with Gasteiger partial charge in [0.25, 0.3) is 5.69 Å². The summed E-state index contributed by atoms with van der Waals surface area (Å²) in [5, 5.41) is 28.1. The number of nitro groups is 1. The van der Waals surface area contributed by atoms with Gasteiger partial charge >= 0.3 is 5.97 Å². The van der Waals surface area contributed by atoms with E-state index in [0.717, 1.165) is 11.9 Å². The first-order chi connectivity index (χ1) is 8.06. The molecule has 0 fully saturated rings. The minimum atomic E-state index is -1.22. The van der Waals surface area contributed by atoms with Crippen molar-refractivity contribution in [1.82, 2.24) is 4.72 Å². The van der Waals surface area contributed by atoms with Crippen molar-refractivity contribution in [2.75, 3.05) is 6.61 Å². The van der Waals surface area contributed by atoms with E-state index in [-0.39, 0.29) is 10.6 Å². The lowest BCUT2D eigenvalue weighted by atomic mass is 10.3. The number of aliphatic hydroxyl groups is 1. The lowest BCUT2D eigenvalue weighted by Gasteiger charge is -2.10. The molecule has 0 saturated heterocycles. The van der Waals surface area contributed by atoms with E-state index in [1.54, 1.807) is 6.07 Å². The highest BCUT2D eigenvalue weighted by Crippen LogP contribution is 2.26. The van der Waals surface area contributed by atoms with Gasteiger partial charge in [0.2, 0.25) is 0 Å². The van der Waals surface area contributed by atoms with Crippen molar-refractivity contribution in [1.29, 1.82) is 0 Å². The van der Waals surface area contributed by atoms with Crippen LogP contribution in [0.15, 0.2) is 29.2 Å². The first-order valence-electron chi connectivity index (χ1n) is 4.55. The van der Waals surface area contributed by atoms with Gasteiger partial charge in [-0.1, -0.05) is 12.1 Å². The van der Waals surface area contributed by atoms with E-state index in [2.05, 4.69) is 4.72 Å². The zero-order valence-corrected chi connectivity index (χ0v) is 9.38. The van der Waals surface area contributed by atoms with Crippen molar-refractivity contribution < 1.29 is 19.9 Å². The largest absolute Gasteiger partial charge is 0.480 e. The molecule has 3 N–H and O–H groups in total. The molecule has 0 heterocycles. The molecule has 1 atom stereocenters. The van der Waals surface area contributed by atoms with Crippen LogP contribution >= 0.6 is 11.9 Å². The summed E-state index contributed by atoms with van der Waals surface area (Å²) in [6.07, 6.45) is 0. The fourth-order valence-electron chi connectivity index (χ4n) is 0.995. The van der Waals surface area contributed by atoms with Gasteiger partial charge in [0.1, 0.15) is 10.9 Å². The number of nitro benzene ring substituents is 1. The number of carboxylic acid groups (broad SMARTS) is 1. The van der Waals surface area contributed by atoms with Crippen LogP contribution in [0.2, 0.25) is 0 Å². The normalized spacial score (nSPS) is 12.1. The van der Waals surface area contributed by atoms with Crippen molar-refractivity contribution >= 4 is 23.6 Å². The molecule has 1 rings (SSSR count). The second kappa shape index (κ2) is 6.18. The van der Waals surface area contributed by atoms with Crippen LogP contribution in [0.4, 0.5) is 5.69 Å². The molecule has 0 amide bonds. The molecule has 0 spiro atoms. The van der Waals surface area contributed by atoms with Crippen LogP contribution < -0.4 is 4.72 Å². The molecule has 0 aliphatic heterocycles. The maximum Gasteiger partial charge on any atom is 0.323 e. The molecule has 1 aromatic carbocycles. The van der Waals surface area contributed by atoms with Crippen molar-refractivity contribution in [3.05, 3.63) is 34.4 Å². The van der Waals surface area contributed by atoms with Crippen molar-refractivity contribution in [2.24, 2.45) is 0 Å². The Balaban J connectivity index is 2.75. The Morgan fingerprint density at radius 3 is 2.71 bits per heavy atom. The molecule has 0 aliphatic carbocycles. The standard InChI is InChI=1S/C9H10N2O5S/c12-5-6(9(13)14)10-17-8-4-2-1-3-7(8)11(15)16/h1-4,6,10,12H,5H2,(H,13,14). The Labute approximate surface area is 101 Å². The third-order valence-corrected chi connectivity index (χ3v) is 2.82. The van der Waals surface area contributed by atoms with Gasteiger partial charge in [0.15, 0.2) is 0 Å². The predicted molar refractivity (Wildman–Crippen MR) is 60.6 cm³/mol. The number of nitrogens with zero attached hydrogens (tertiary/aromatic N) is 1. The zero-order valence-electron chi connectivity index (χ0n) is 8.57. The van der Waals surface area contributed by atoms with E-state index in [4.69, 9.17) is 10.2 Å². The third kappa shape index (κ3) is 3.70. The number of benzene rings is 1. The Bertz CT molecular complexity index is 426. The lowest BCUT2D eigenvalue weighted by molar-refractivity contribution is -0.387. The number of hydrogen-bond donors (Lipinski definition) is 3. The minimum Gasteiger partial charge on any atom is -0.480 e. The first kappa shape index (κ1) is 13.4. The number of rotatable bonds is 6. The minimum absolute atomic E-state index is 0.118. The van der Waals surface area contributed by atoms with Crippen LogP contribution in [-0.2, 0) is 4.79 Å². The molecule has 0 bridgehead atoms. The van der Waals surface area contributed by atoms with Crippen molar-refractivity contribution in [2.45, 2.75) is 10.9 Å². The monoisotopic (exact) mass is 258 g/mol. The average molecular weight is 258 g/mol. The highest BCUT2D eigenvalue weighted by atomic mass is 32.2. The summed E-state index contributed by atoms with van der Waals surface area (Å²) in [7, 11) is 0. The summed E-state index contributed by atoms with van der Waals surface area (Å²) in [4.78, 5) is 21.0. The molecule has 7 nitrogen and oxygen atoms in total. The maximum atomic E-state index is 10.7. The molecule has 0 saturated carbocycles. The molecule has 92 valence electrons. The molecule has 1 aromatic rings. The predicted octanol–water partition coefficient (Wildman–Crippen LogP) is 0.637. The summed E-state index contributed by atoms with van der Waals surface area (Å²) in [5.74, 6) is -1.22. The van der Waals surface area contributed by atoms with Crippen LogP contribution in [0, 0.1) is 10.1 Å². The Morgan fingerprint density at radius 1 is 1.53 bits per heavy atom. The number of nitrogens with one attached hydrogen (secondary N) is 1. The quantitative estimate of drug-likeness (QED) is 0.390. The summed E-state index contributed by atoms with van der Waals surface area (Å²) in [5.41, 5.74) is -0.118. The molecule has 8 heteroatoms. The van der Waals surface area contributed by atoms with E-state index in [9.17, 15) is 14.9 Å². The van der Waals surface area contributed by atoms with Gasteiger partial charge in [0.05, 0.1) is 11.5 Å². The van der Waals surface area contributed by atoms with Gasteiger partial charge in [-0.2, -0.15) is 0 Å². The molecule has 17 heavy (non-hydrogen) atoms. The SMILES string of the molecule is O=C(O)C(CO)NSc1ccccc1[N+](=O)[O-]. The summed E-state index contributed by atoms with van der Waals surface area (Å²) >= 11 is 0.804. The fraction of sp³-hybridized carbons (Fsp3) is 0.222. The van der Waals surface area contributed by atoms with E-state index in [1.807, 2.05) is 0 Å². The van der Waals surface area contributed by atoms with Crippen LogP contribution in [0.25, 0.3) is 0 Å². The number of hydrogen-bond acceptors (Lipinski definition) is 6. The Kier molecular flexibility index (Phi) is 4.88. The average Bonchev–Trinajstić information content (AvgIpc) is 2.29. The van der Waals surface area contributed by atoms with Gasteiger partial charge in [0, 0.05) is 6.07 Å². The molecule has 0 radical (unpaired) electrons. The number of carboxylic acids is 1. The fourth-order valence-corrected chi connectivity index (χ4v) is 1.83. The molecule has 0 aliphatic rings. The molecule has 0 aromatic heterocycles. The first-order valence-corrected chi connectivity index (χ1v) is 5.37. The second-order valence-corrected chi connectivity index (χ2v) is 3.90. The number of aliphatic hydroxyl groups excluding tert-OH is 1. The topological polar surface area (TPSA) is 113 Å². The lowest BCUT2D eigenvalue weighted by Crippen LogP contribution is -2.35. The smallest absolute Gasteiger partial charge is 0.323 e. The molecular weight excluding hydrogens is 248 g/mol. The second-order valence-electron chi connectivity index (χ2n) is 3.02. The van der Waals surface area contributed by atoms with E-state index >= 15 is 0 Å².